The normalized spacial score (nSPS) is 10.5. The van der Waals surface area contributed by atoms with Crippen LogP contribution in [0.15, 0.2) is 77.4 Å². The molecule has 28 heavy (non-hydrogen) atoms. The van der Waals surface area contributed by atoms with Crippen LogP contribution in [0.2, 0.25) is 0 Å². The summed E-state index contributed by atoms with van der Waals surface area (Å²) in [7, 11) is 0. The summed E-state index contributed by atoms with van der Waals surface area (Å²) >= 11 is 0. The Morgan fingerprint density at radius 1 is 1.04 bits per heavy atom. The molecule has 2 aromatic carbocycles. The molecule has 5 nitrogen and oxygen atoms in total. The zero-order valence-corrected chi connectivity index (χ0v) is 15.9. The van der Waals surface area contributed by atoms with Gasteiger partial charge in [-0.05, 0) is 36.2 Å². The van der Waals surface area contributed by atoms with Crippen LogP contribution in [-0.4, -0.2) is 17.5 Å². The maximum atomic E-state index is 8.89. The fourth-order valence-electron chi connectivity index (χ4n) is 3.23. The van der Waals surface area contributed by atoms with Gasteiger partial charge in [-0.25, -0.2) is 0 Å². The first kappa shape index (κ1) is 19.5. The largest absolute Gasteiger partial charge is 0.550 e. The van der Waals surface area contributed by atoms with Gasteiger partial charge in [0.15, 0.2) is 5.76 Å². The maximum Gasteiger partial charge on any atom is 0.157 e. The Balaban J connectivity index is 0.000000516. The molecule has 4 rings (SSSR count). The van der Waals surface area contributed by atoms with Crippen molar-refractivity contribution in [3.63, 3.8) is 0 Å². The highest BCUT2D eigenvalue weighted by Gasteiger charge is 2.13. The van der Waals surface area contributed by atoms with Crippen molar-refractivity contribution in [3.05, 3.63) is 84.3 Å². The number of fused-ring (bicyclic) bond motifs is 1. The molecule has 0 aliphatic heterocycles. The summed E-state index contributed by atoms with van der Waals surface area (Å²) in [5.41, 5.74) is 5.09. The van der Waals surface area contributed by atoms with Crippen molar-refractivity contribution in [1.82, 2.24) is 4.98 Å². The van der Waals surface area contributed by atoms with Crippen LogP contribution in [-0.2, 0) is 17.8 Å². The van der Waals surface area contributed by atoms with E-state index in [2.05, 4.69) is 64.9 Å². The predicted octanol–water partition coefficient (Wildman–Crippen LogP) is 2.49. The molecule has 144 valence electrons. The van der Waals surface area contributed by atoms with E-state index in [1.54, 1.807) is 6.26 Å². The highest BCUT2D eigenvalue weighted by molar-refractivity contribution is 5.90. The number of carbonyl (C=O) groups excluding carboxylic acids is 1. The number of carboxylic acids is 1. The summed E-state index contributed by atoms with van der Waals surface area (Å²) in [5, 5.41) is 12.5. The molecule has 0 spiro atoms. The molecule has 0 aliphatic rings. The second-order valence-corrected chi connectivity index (χ2v) is 6.49. The molecule has 0 saturated heterocycles. The molecule has 0 saturated carbocycles. The maximum absolute atomic E-state index is 8.89. The van der Waals surface area contributed by atoms with Gasteiger partial charge in [-0.15, -0.1) is 0 Å². The first-order valence-corrected chi connectivity index (χ1v) is 9.32. The van der Waals surface area contributed by atoms with Crippen LogP contribution < -0.4 is 10.4 Å². The molecule has 0 atom stereocenters. The molecule has 2 heterocycles. The molecule has 3 N–H and O–H groups in total. The molecule has 0 bridgehead atoms. The van der Waals surface area contributed by atoms with Crippen LogP contribution in [0.3, 0.4) is 0 Å². The number of rotatable bonds is 6. The first-order valence-electron chi connectivity index (χ1n) is 9.32. The zero-order chi connectivity index (χ0) is 19.8. The van der Waals surface area contributed by atoms with Gasteiger partial charge in [-0.2, -0.15) is 0 Å². The van der Waals surface area contributed by atoms with Crippen molar-refractivity contribution >= 4 is 16.9 Å². The zero-order valence-electron chi connectivity index (χ0n) is 15.9. The van der Waals surface area contributed by atoms with Gasteiger partial charge in [0.25, 0.3) is 0 Å². The van der Waals surface area contributed by atoms with Crippen molar-refractivity contribution < 1.29 is 19.6 Å². The van der Waals surface area contributed by atoms with Crippen LogP contribution in [0, 0.1) is 0 Å². The van der Waals surface area contributed by atoms with Crippen molar-refractivity contribution in [2.75, 3.05) is 6.54 Å². The number of quaternary nitrogens is 1. The minimum absolute atomic E-state index is 0.885. The summed E-state index contributed by atoms with van der Waals surface area (Å²) in [5.74, 6) is -0.0581. The summed E-state index contributed by atoms with van der Waals surface area (Å²) < 4.78 is 5.40. The Kier molecular flexibility index (Phi) is 6.65. The molecule has 0 unspecified atom stereocenters. The molecular weight excluding hydrogens is 352 g/mol. The Hall–Kier alpha value is -3.31. The highest BCUT2D eigenvalue weighted by atomic mass is 16.4. The Bertz CT molecular complexity index is 1000. The highest BCUT2D eigenvalue weighted by Crippen LogP contribution is 2.30. The van der Waals surface area contributed by atoms with Crippen LogP contribution in [0.4, 0.5) is 0 Å². The lowest BCUT2D eigenvalue weighted by molar-refractivity contribution is -0.671. The second-order valence-electron chi connectivity index (χ2n) is 6.49. The molecule has 5 heteroatoms. The van der Waals surface area contributed by atoms with E-state index in [1.165, 1.54) is 27.7 Å². The summed E-state index contributed by atoms with van der Waals surface area (Å²) in [6, 6.07) is 23.1. The molecule has 0 aliphatic carbocycles. The number of furan rings is 1. The number of para-hydroxylation sites is 1. The summed E-state index contributed by atoms with van der Waals surface area (Å²) in [6.45, 7) is 2.89. The number of aromatic amines is 1. The number of carbonyl (C=O) groups is 1. The third-order valence-electron chi connectivity index (χ3n) is 4.40. The number of H-pyrrole nitrogens is 1. The number of aromatic nitrogens is 1. The minimum atomic E-state index is -1.08. The van der Waals surface area contributed by atoms with Gasteiger partial charge in [-0.1, -0.05) is 48.5 Å². The lowest BCUT2D eigenvalue weighted by Gasteiger charge is -2.05. The fraction of sp³-hybridized carbons (Fsp3) is 0.174. The molecule has 0 radical (unpaired) electrons. The summed E-state index contributed by atoms with van der Waals surface area (Å²) in [4.78, 5) is 12.5. The van der Waals surface area contributed by atoms with Crippen LogP contribution in [0.25, 0.3) is 22.2 Å². The molecule has 0 amide bonds. The van der Waals surface area contributed by atoms with Crippen molar-refractivity contribution in [2.24, 2.45) is 0 Å². The van der Waals surface area contributed by atoms with Crippen molar-refractivity contribution in [1.29, 1.82) is 0 Å². The molecule has 2 aromatic heterocycles. The van der Waals surface area contributed by atoms with E-state index in [0.717, 1.165) is 32.2 Å². The van der Waals surface area contributed by atoms with E-state index in [-0.39, 0.29) is 0 Å². The number of hydrogen-bond acceptors (Lipinski definition) is 3. The average molecular weight is 376 g/mol. The number of carboxylic acid groups (broad SMARTS) is 1. The Morgan fingerprint density at radius 2 is 1.75 bits per heavy atom. The van der Waals surface area contributed by atoms with Crippen LogP contribution in [0.1, 0.15) is 18.2 Å². The van der Waals surface area contributed by atoms with Gasteiger partial charge in [0.1, 0.15) is 6.54 Å². The number of benzene rings is 2. The van der Waals surface area contributed by atoms with Gasteiger partial charge in [0.2, 0.25) is 0 Å². The molecule has 0 fully saturated rings. The van der Waals surface area contributed by atoms with Gasteiger partial charge in [0, 0.05) is 29.0 Å². The average Bonchev–Trinajstić information content (AvgIpc) is 3.33. The van der Waals surface area contributed by atoms with Gasteiger partial charge >= 0.3 is 0 Å². The van der Waals surface area contributed by atoms with Crippen molar-refractivity contribution in [2.45, 2.75) is 19.9 Å². The lowest BCUT2D eigenvalue weighted by Crippen LogP contribution is -2.83. The van der Waals surface area contributed by atoms with Gasteiger partial charge in [0.05, 0.1) is 12.8 Å². The monoisotopic (exact) mass is 376 g/mol. The predicted molar refractivity (Wildman–Crippen MR) is 107 cm³/mol. The Morgan fingerprint density at radius 3 is 2.46 bits per heavy atom. The second kappa shape index (κ2) is 9.58. The van der Waals surface area contributed by atoms with E-state index in [1.807, 2.05) is 12.1 Å². The lowest BCUT2D eigenvalue weighted by atomic mass is 10.0. The first-order chi connectivity index (χ1) is 13.6. The topological polar surface area (TPSA) is 85.7 Å². The Labute approximate surface area is 164 Å². The van der Waals surface area contributed by atoms with Crippen molar-refractivity contribution in [3.8, 4) is 11.3 Å². The quantitative estimate of drug-likeness (QED) is 0.507. The van der Waals surface area contributed by atoms with E-state index < -0.39 is 5.97 Å². The number of hydrogen-bond donors (Lipinski definition) is 2. The number of nitrogens with two attached hydrogens (primary N) is 1. The molecule has 4 aromatic rings. The third kappa shape index (κ3) is 5.11. The summed E-state index contributed by atoms with van der Waals surface area (Å²) in [6.07, 6.45) is 2.76. The van der Waals surface area contributed by atoms with Gasteiger partial charge < -0.3 is 24.6 Å². The molecular formula is C23H24N2O3. The number of nitrogens with one attached hydrogen (secondary N) is 1. The van der Waals surface area contributed by atoms with Crippen LogP contribution >= 0.6 is 0 Å². The smallest absolute Gasteiger partial charge is 0.157 e. The minimum Gasteiger partial charge on any atom is -0.550 e. The van der Waals surface area contributed by atoms with Gasteiger partial charge in [-0.3, -0.25) is 0 Å². The number of aliphatic carboxylic acids is 1. The fourth-order valence-corrected chi connectivity index (χ4v) is 3.23. The third-order valence-corrected chi connectivity index (χ3v) is 4.40. The van der Waals surface area contributed by atoms with E-state index in [0.29, 0.717) is 0 Å². The SMILES string of the molecule is CC(=O)[O-].c1ccc(-c2[nH]c3ccccc3c2CC[NH2+]Cc2ccco2)cc1. The van der Waals surface area contributed by atoms with E-state index in [9.17, 15) is 0 Å². The standard InChI is InChI=1S/C21H20N2O.C2H4O2/c1-2-7-16(8-3-1)21-19(18-10-4-5-11-20(18)23-21)12-13-22-15-17-9-6-14-24-17;1-2(3)4/h1-11,14,22-23H,12-13,15H2;1H3,(H,3,4). The van der Waals surface area contributed by atoms with E-state index in [4.69, 9.17) is 14.3 Å². The van der Waals surface area contributed by atoms with E-state index >= 15 is 0 Å². The van der Waals surface area contributed by atoms with Crippen LogP contribution in [0.5, 0.6) is 0 Å².